The summed E-state index contributed by atoms with van der Waals surface area (Å²) in [6.45, 7) is 9.02. The summed E-state index contributed by atoms with van der Waals surface area (Å²) < 4.78 is 11.2. The van der Waals surface area contributed by atoms with Crippen LogP contribution in [0.15, 0.2) is 0 Å². The van der Waals surface area contributed by atoms with Crippen molar-refractivity contribution in [1.82, 2.24) is 0 Å². The summed E-state index contributed by atoms with van der Waals surface area (Å²) in [4.78, 5) is 0. The van der Waals surface area contributed by atoms with E-state index in [4.69, 9.17) is 19.3 Å². The molecule has 0 amide bonds. The molecule has 0 N–H and O–H groups in total. The number of rotatable bonds is 18. The monoisotopic (exact) mass is 610 g/mol. The van der Waals surface area contributed by atoms with Gasteiger partial charge in [0.1, 0.15) is 0 Å². The molecule has 0 saturated heterocycles. The summed E-state index contributed by atoms with van der Waals surface area (Å²) in [5.41, 5.74) is 0. The van der Waals surface area contributed by atoms with Gasteiger partial charge in [-0.05, 0) is 0 Å². The third-order valence-corrected chi connectivity index (χ3v) is 46.7. The molecule has 5 heteroatoms. The first-order valence-electron chi connectivity index (χ1n) is 11.0. The SMILES string of the molecule is CCCCCCC[CH2][Sn]([Cl])([CH2]C)[O][Sn]([Cl])([CH2]C)[CH2]CCCCCCC. The minimum absolute atomic E-state index is 1.08. The predicted molar refractivity (Wildman–Crippen MR) is 122 cm³/mol. The van der Waals surface area contributed by atoms with Gasteiger partial charge in [0.2, 0.25) is 0 Å². The molecule has 0 aliphatic rings. The van der Waals surface area contributed by atoms with Crippen LogP contribution in [0.4, 0.5) is 0 Å². The van der Waals surface area contributed by atoms with E-state index in [1.807, 2.05) is 0 Å². The fourth-order valence-corrected chi connectivity index (χ4v) is 51.9. The molecule has 0 radical (unpaired) electrons. The molecule has 0 saturated carbocycles. The van der Waals surface area contributed by atoms with E-state index in [2.05, 4.69) is 27.7 Å². The summed E-state index contributed by atoms with van der Waals surface area (Å²) in [6, 6.07) is 0. The van der Waals surface area contributed by atoms with Gasteiger partial charge in [0.25, 0.3) is 0 Å². The fraction of sp³-hybridized carbons (Fsp3) is 1.00. The maximum atomic E-state index is 7.06. The molecule has 2 unspecified atom stereocenters. The standard InChI is InChI=1S/2C8H17.2C2H5.2ClH.O.2Sn/c2*1-3-5-7-8-6-4-2;2*1-2;;;;;/h2*1,3-8H2,2H3;2*1H2,2H3;2*1H;;;/q;;;;;;;2*+1/p-2. The molecule has 0 heterocycles. The molecular formula is C20H44Cl2OSn2. The van der Waals surface area contributed by atoms with Crippen LogP contribution in [0.3, 0.4) is 0 Å². The van der Waals surface area contributed by atoms with Crippen LogP contribution < -0.4 is 0 Å². The van der Waals surface area contributed by atoms with Gasteiger partial charge in [-0.15, -0.1) is 0 Å². The molecule has 0 fully saturated rings. The van der Waals surface area contributed by atoms with Crippen molar-refractivity contribution in [2.24, 2.45) is 0 Å². The van der Waals surface area contributed by atoms with E-state index in [-0.39, 0.29) is 0 Å². The second-order valence-corrected chi connectivity index (χ2v) is 38.3. The number of hydrogen-bond donors (Lipinski definition) is 0. The van der Waals surface area contributed by atoms with E-state index >= 15 is 0 Å². The topological polar surface area (TPSA) is 9.23 Å². The molecule has 0 rings (SSSR count). The Bertz CT molecular complexity index is 279. The summed E-state index contributed by atoms with van der Waals surface area (Å²) in [6.07, 6.45) is 16.0. The minimum atomic E-state index is -2.91. The Labute approximate surface area is 175 Å². The van der Waals surface area contributed by atoms with Crippen molar-refractivity contribution in [1.29, 1.82) is 0 Å². The van der Waals surface area contributed by atoms with Crippen LogP contribution in [0.5, 0.6) is 0 Å². The number of halogens is 2. The van der Waals surface area contributed by atoms with E-state index in [0.29, 0.717) is 0 Å². The second kappa shape index (κ2) is 17.0. The first-order valence-corrected chi connectivity index (χ1v) is 28.7. The molecule has 0 aromatic carbocycles. The zero-order chi connectivity index (χ0) is 19.0. The van der Waals surface area contributed by atoms with Gasteiger partial charge >= 0.3 is 177 Å². The molecule has 152 valence electrons. The van der Waals surface area contributed by atoms with Gasteiger partial charge in [-0.1, -0.05) is 0 Å². The van der Waals surface area contributed by atoms with E-state index in [1.54, 1.807) is 0 Å². The zero-order valence-electron chi connectivity index (χ0n) is 17.5. The van der Waals surface area contributed by atoms with Crippen molar-refractivity contribution in [2.45, 2.75) is 122 Å². The van der Waals surface area contributed by atoms with Crippen LogP contribution >= 0.6 is 17.8 Å². The van der Waals surface area contributed by atoms with Crippen molar-refractivity contribution in [3.63, 3.8) is 0 Å². The normalized spacial score (nSPS) is 16.6. The second-order valence-electron chi connectivity index (χ2n) is 7.61. The van der Waals surface area contributed by atoms with Gasteiger partial charge in [-0.25, -0.2) is 0 Å². The van der Waals surface area contributed by atoms with E-state index in [0.717, 1.165) is 8.87 Å². The van der Waals surface area contributed by atoms with Crippen molar-refractivity contribution in [3.8, 4) is 0 Å². The average Bonchev–Trinajstić information content (AvgIpc) is 2.61. The first kappa shape index (κ1) is 27.1. The molecule has 0 aromatic rings. The Morgan fingerprint density at radius 3 is 1.16 bits per heavy atom. The van der Waals surface area contributed by atoms with Gasteiger partial charge < -0.3 is 0 Å². The van der Waals surface area contributed by atoms with Crippen LogP contribution in [0, 0.1) is 0 Å². The molecule has 0 spiro atoms. The van der Waals surface area contributed by atoms with Gasteiger partial charge in [-0.3, -0.25) is 0 Å². The third kappa shape index (κ3) is 14.7. The van der Waals surface area contributed by atoms with Crippen LogP contribution in [-0.2, 0) is 1.41 Å². The van der Waals surface area contributed by atoms with E-state index in [1.165, 1.54) is 85.9 Å². The molecule has 2 atom stereocenters. The third-order valence-electron chi connectivity index (χ3n) is 5.23. The van der Waals surface area contributed by atoms with Crippen LogP contribution in [0.1, 0.15) is 105 Å². The number of unbranched alkanes of at least 4 members (excludes halogenated alkanes) is 10. The Balaban J connectivity index is 4.20. The molecule has 0 aliphatic heterocycles. The Morgan fingerprint density at radius 2 is 0.840 bits per heavy atom. The van der Waals surface area contributed by atoms with Crippen molar-refractivity contribution in [3.05, 3.63) is 0 Å². The molecule has 0 aromatic heterocycles. The van der Waals surface area contributed by atoms with Gasteiger partial charge in [0, 0.05) is 0 Å². The molecule has 1 nitrogen and oxygen atoms in total. The van der Waals surface area contributed by atoms with E-state index in [9.17, 15) is 0 Å². The summed E-state index contributed by atoms with van der Waals surface area (Å²) in [5.74, 6) is 0. The molecule has 25 heavy (non-hydrogen) atoms. The average molecular weight is 609 g/mol. The first-order chi connectivity index (χ1) is 11.9. The van der Waals surface area contributed by atoms with Crippen molar-refractivity contribution >= 4 is 53.2 Å². The van der Waals surface area contributed by atoms with Gasteiger partial charge in [0.15, 0.2) is 0 Å². The Hall–Kier alpha value is 2.14. The van der Waals surface area contributed by atoms with Crippen molar-refractivity contribution in [2.75, 3.05) is 0 Å². The van der Waals surface area contributed by atoms with Gasteiger partial charge in [0.05, 0.1) is 0 Å². The Kier molecular flexibility index (Phi) is 18.5. The van der Waals surface area contributed by atoms with Crippen LogP contribution in [0.25, 0.3) is 0 Å². The summed E-state index contributed by atoms with van der Waals surface area (Å²) in [5, 5.41) is 0. The van der Waals surface area contributed by atoms with Crippen molar-refractivity contribution < 1.29 is 1.41 Å². The quantitative estimate of drug-likeness (QED) is 0.111. The summed E-state index contributed by atoms with van der Waals surface area (Å²) in [7, 11) is 14.1. The van der Waals surface area contributed by atoms with Gasteiger partial charge in [-0.2, -0.15) is 0 Å². The zero-order valence-corrected chi connectivity index (χ0v) is 24.7. The molecular weight excluding hydrogens is 565 g/mol. The Morgan fingerprint density at radius 1 is 0.520 bits per heavy atom. The maximum absolute atomic E-state index is 7.06. The van der Waals surface area contributed by atoms with Crippen LogP contribution in [-0.4, -0.2) is 35.3 Å². The summed E-state index contributed by atoms with van der Waals surface area (Å²) >= 11 is -5.83. The molecule has 0 aliphatic carbocycles. The number of hydrogen-bond acceptors (Lipinski definition) is 1. The van der Waals surface area contributed by atoms with E-state index < -0.39 is 35.3 Å². The van der Waals surface area contributed by atoms with Crippen LogP contribution in [0.2, 0.25) is 17.7 Å². The molecule has 0 bridgehead atoms. The predicted octanol–water partition coefficient (Wildman–Crippen LogP) is 9.13. The fourth-order valence-electron chi connectivity index (χ4n) is 3.27.